The summed E-state index contributed by atoms with van der Waals surface area (Å²) in [6.45, 7) is 1.45. The van der Waals surface area contributed by atoms with Crippen LogP contribution in [0.1, 0.15) is 115 Å². The van der Waals surface area contributed by atoms with Crippen LogP contribution in [0.3, 0.4) is 0 Å². The number of fused-ring (bicyclic) bond motifs is 4. The number of halogens is 3. The minimum atomic E-state index is -3.04. The van der Waals surface area contributed by atoms with Gasteiger partial charge in [-0.25, -0.2) is 58.3 Å². The number of para-hydroxylation sites is 1. The number of carbonyl (C=O) groups is 1. The summed E-state index contributed by atoms with van der Waals surface area (Å²) in [5, 5.41) is 31.0. The molecule has 0 spiro atoms. The maximum atomic E-state index is 12.5. The second kappa shape index (κ2) is 34.7. The summed E-state index contributed by atoms with van der Waals surface area (Å²) in [5.41, 5.74) is 43.0. The van der Waals surface area contributed by atoms with E-state index in [1.54, 1.807) is 43.0 Å². The molecule has 4 fully saturated rings. The number of rotatable bonds is 13. The summed E-state index contributed by atoms with van der Waals surface area (Å²) >= 11 is 10.6. The Morgan fingerprint density at radius 1 is 0.363 bits per heavy atom. The van der Waals surface area contributed by atoms with Crippen molar-refractivity contribution in [1.82, 2.24) is 87.9 Å². The zero-order chi connectivity index (χ0) is 86.5. The van der Waals surface area contributed by atoms with Crippen molar-refractivity contribution >= 4 is 139 Å². The highest BCUT2D eigenvalue weighted by Crippen LogP contribution is 2.43. The van der Waals surface area contributed by atoms with Gasteiger partial charge in [-0.2, -0.15) is 43.6 Å². The Hall–Kier alpha value is -11.8. The van der Waals surface area contributed by atoms with E-state index in [-0.39, 0.29) is 81.3 Å². The number of Topliss-reactive ketones (excluding diaryl/α,β-unsaturated/α-hetero) is 1. The van der Waals surface area contributed by atoms with Crippen LogP contribution in [0.4, 0.5) is 23.3 Å². The van der Waals surface area contributed by atoms with Crippen LogP contribution in [0.25, 0.3) is 101 Å². The van der Waals surface area contributed by atoms with Crippen molar-refractivity contribution in [2.24, 2.45) is 0 Å². The lowest BCUT2D eigenvalue weighted by Crippen LogP contribution is -2.25. The fraction of sp³-hybridized carbons (Fsp3) is 0.244. The number of hydrogen-bond donors (Lipinski definition) is 4. The van der Waals surface area contributed by atoms with Crippen molar-refractivity contribution in [3.05, 3.63) is 249 Å². The quantitative estimate of drug-likeness (QED) is 0.0779. The molecule has 16 aromatic rings. The van der Waals surface area contributed by atoms with Crippen LogP contribution < -0.4 is 22.9 Å². The number of nitrogens with two attached hydrogens (primary N) is 4. The van der Waals surface area contributed by atoms with Crippen LogP contribution in [0.15, 0.2) is 221 Å². The maximum Gasteiger partial charge on any atom is 0.183 e. The molecule has 4 saturated heterocycles. The maximum absolute atomic E-state index is 12.5. The number of carbonyl (C=O) groups excluding carboxylic acids is 1. The monoisotopic (exact) mass is 1930 g/mol. The highest BCUT2D eigenvalue weighted by molar-refractivity contribution is 9.11. The Balaban J connectivity index is 0.000000117. The van der Waals surface area contributed by atoms with E-state index >= 15 is 0 Å². The zero-order valence-corrected chi connectivity index (χ0v) is 74.6. The third kappa shape index (κ3) is 17.5. The minimum absolute atomic E-state index is 0.0134. The van der Waals surface area contributed by atoms with Gasteiger partial charge in [0.1, 0.15) is 68.3 Å². The molecule has 31 nitrogen and oxygen atoms in total. The van der Waals surface area contributed by atoms with E-state index in [0.717, 1.165) is 84.4 Å². The highest BCUT2D eigenvalue weighted by atomic mass is 79.9. The summed E-state index contributed by atoms with van der Waals surface area (Å²) < 4.78 is 107. The van der Waals surface area contributed by atoms with Crippen molar-refractivity contribution < 1.29 is 38.5 Å². The van der Waals surface area contributed by atoms with Gasteiger partial charge >= 0.3 is 0 Å². The lowest BCUT2D eigenvalue weighted by molar-refractivity contribution is 0.101. The van der Waals surface area contributed by atoms with Gasteiger partial charge in [-0.3, -0.25) is 9.78 Å². The van der Waals surface area contributed by atoms with E-state index < -0.39 is 39.3 Å². The molecule has 16 heterocycles. The second-order valence-electron chi connectivity index (χ2n) is 30.9. The molecule has 4 aliphatic rings. The molecule has 4 aliphatic heterocycles. The smallest absolute Gasteiger partial charge is 0.183 e. The lowest BCUT2D eigenvalue weighted by atomic mass is 9.93. The Morgan fingerprint density at radius 2 is 0.742 bits per heavy atom. The summed E-state index contributed by atoms with van der Waals surface area (Å²) in [6.07, 6.45) is 18.5. The Bertz CT molecular complexity index is 6980. The van der Waals surface area contributed by atoms with Crippen LogP contribution in [0, 0.1) is 0 Å². The SMILES string of the molecule is CC(=O)c1c(C2CCS(=O)(=O)CC2)nc2c(-c3ccn(-c4ccccc4)c3)cnn2c1N.Nc1c(Br)c(C2CCS(=O)(=O)CC2)nc2c(-c3ccc(-c4ccccc4)cn3)cnn12.Nc1c(Br)c(C2CCS(=O)(=O)CC2)nc2c(-c3ccc(-c4ccccc4)nn3)cnn12.Nc1c(Br)c(C2CCS(=O)(=O)CC2)nc2c(-n3ccc(-c4ccccc4)n3)cnn12. The molecule has 0 radical (unpaired) electrons. The van der Waals surface area contributed by atoms with Crippen molar-refractivity contribution in [2.45, 2.75) is 82.0 Å². The van der Waals surface area contributed by atoms with Gasteiger partial charge in [0, 0.05) is 82.0 Å². The molecule has 12 aromatic heterocycles. The largest absolute Gasteiger partial charge is 0.383 e. The first-order valence-corrected chi connectivity index (χ1v) is 49.5. The van der Waals surface area contributed by atoms with Crippen LogP contribution in [-0.4, -0.2) is 173 Å². The zero-order valence-electron chi connectivity index (χ0n) is 66.6. The Labute approximate surface area is 737 Å². The number of hydrogen-bond acceptors (Lipinski definition) is 25. The predicted octanol–water partition coefficient (Wildman–Crippen LogP) is 14.1. The Morgan fingerprint density at radius 3 is 1.20 bits per heavy atom. The standard InChI is InChI=1S/C23H23N5O3S.C22H20BrN5O2S.C21H19BrN6O2S.C20H19BrN6O2S/c1-15(29)20-21(16-8-11-32(30,31)12-9-16)26-23-19(13-25-28(23)22(20)24)17-7-10-27(14-17)18-5-3-2-4-6-18;23-19-20(15-8-10-31(29,30)11-9-15)27-22-17(13-26-28(22)21(19)24)18-7-6-16(12-25-18)14-4-2-1-3-5-14;22-18-19(14-8-10-31(29,30)11-9-14)25-21-15(12-24-28(21)20(18)23)17-7-6-16(26-27-17)13-4-2-1-3-5-13;21-17-18(14-7-10-30(28,29)11-8-14)24-20-16(12-23-27(20)19(17)22)26-9-6-15(25-26)13-4-2-1-3-5-13/h2-7,10,13-14,16H,8-9,11-12,24H2,1H3;1-7,12-13,15H,8-11,24H2;1-7,12,14H,8-11,23H2;1-6,9,12,14H,7-8,10-11,22H2. The van der Waals surface area contributed by atoms with E-state index in [1.165, 1.54) is 11.4 Å². The van der Waals surface area contributed by atoms with Crippen LogP contribution in [-0.2, 0) is 39.3 Å². The van der Waals surface area contributed by atoms with E-state index in [1.807, 2.05) is 187 Å². The normalized spacial score (nSPS) is 16.6. The van der Waals surface area contributed by atoms with Gasteiger partial charge in [0.2, 0.25) is 0 Å². The molecular weight excluding hydrogens is 1850 g/mol. The molecule has 20 rings (SSSR count). The first-order chi connectivity index (χ1) is 59.6. The summed E-state index contributed by atoms with van der Waals surface area (Å²) in [6, 6.07) is 51.5. The molecule has 0 atom stereocenters. The van der Waals surface area contributed by atoms with Gasteiger partial charge in [0.05, 0.1) is 146 Å². The first-order valence-electron chi connectivity index (χ1n) is 39.9. The van der Waals surface area contributed by atoms with Crippen LogP contribution >= 0.6 is 47.8 Å². The molecule has 38 heteroatoms. The highest BCUT2D eigenvalue weighted by Gasteiger charge is 2.35. The van der Waals surface area contributed by atoms with E-state index in [2.05, 4.69) is 88.5 Å². The van der Waals surface area contributed by atoms with E-state index in [9.17, 15) is 38.5 Å². The number of sulfone groups is 4. The average Bonchev–Trinajstić information content (AvgIpc) is 1.57. The molecule has 0 aliphatic carbocycles. The second-order valence-corrected chi connectivity index (χ2v) is 42.5. The van der Waals surface area contributed by atoms with Gasteiger partial charge in [0.15, 0.2) is 28.4 Å². The number of aromatic nitrogens is 18. The molecule has 4 aromatic carbocycles. The summed E-state index contributed by atoms with van der Waals surface area (Å²) in [5.74, 6) is 2.46. The molecule has 0 bridgehead atoms. The number of pyridine rings is 1. The van der Waals surface area contributed by atoms with Crippen LogP contribution in [0.2, 0.25) is 0 Å². The van der Waals surface area contributed by atoms with E-state index in [4.69, 9.17) is 42.9 Å². The van der Waals surface area contributed by atoms with Gasteiger partial charge in [-0.15, -0.1) is 10.2 Å². The third-order valence-corrected chi connectivity index (χ3v) is 32.2. The minimum Gasteiger partial charge on any atom is -0.383 e. The average molecular weight is 1930 g/mol. The van der Waals surface area contributed by atoms with Gasteiger partial charge < -0.3 is 27.5 Å². The third-order valence-electron chi connectivity index (χ3n) is 22.9. The molecule has 0 unspecified atom stereocenters. The topological polar surface area (TPSA) is 440 Å². The fourth-order valence-corrected chi connectivity index (χ4v) is 23.7. The first kappa shape index (κ1) is 84.4. The molecule has 0 amide bonds. The van der Waals surface area contributed by atoms with Crippen molar-refractivity contribution in [1.29, 1.82) is 0 Å². The van der Waals surface area contributed by atoms with E-state index in [0.29, 0.717) is 127 Å². The fourth-order valence-electron chi connectivity index (χ4n) is 16.0. The number of nitrogens with zero attached hydrogens (tertiary/aromatic N) is 18. The summed E-state index contributed by atoms with van der Waals surface area (Å²) in [7, 11) is -11.9. The van der Waals surface area contributed by atoms with Gasteiger partial charge in [-0.05, 0) is 154 Å². The van der Waals surface area contributed by atoms with Gasteiger partial charge in [-0.1, -0.05) is 115 Å². The van der Waals surface area contributed by atoms with Gasteiger partial charge in [0.25, 0.3) is 0 Å². The number of nitrogen functional groups attached to an aromatic ring is 4. The molecular formula is C86H81Br3N22O9S4. The predicted molar refractivity (Wildman–Crippen MR) is 488 cm³/mol. The molecule has 634 valence electrons. The number of benzene rings is 4. The molecule has 8 N–H and O–H groups in total. The number of anilines is 4. The van der Waals surface area contributed by atoms with Crippen LogP contribution in [0.5, 0.6) is 0 Å². The Kier molecular flexibility index (Phi) is 23.6. The van der Waals surface area contributed by atoms with Crippen molar-refractivity contribution in [2.75, 3.05) is 69.0 Å². The number of ketones is 1. The molecule has 0 saturated carbocycles. The van der Waals surface area contributed by atoms with Crippen molar-refractivity contribution in [3.63, 3.8) is 0 Å². The summed E-state index contributed by atoms with van der Waals surface area (Å²) in [4.78, 5) is 36.5. The lowest BCUT2D eigenvalue weighted by Gasteiger charge is -2.24. The molecule has 124 heavy (non-hydrogen) atoms. The van der Waals surface area contributed by atoms with Crippen molar-refractivity contribution in [3.8, 4) is 78.7 Å².